The molecule has 0 aliphatic carbocycles. The molecular formula is C16H18N2O3. The third kappa shape index (κ3) is 2.72. The molecule has 0 saturated carbocycles. The summed E-state index contributed by atoms with van der Waals surface area (Å²) in [7, 11) is 3.21. The highest BCUT2D eigenvalue weighted by Crippen LogP contribution is 2.36. The van der Waals surface area contributed by atoms with Crippen molar-refractivity contribution in [1.29, 1.82) is 0 Å². The summed E-state index contributed by atoms with van der Waals surface area (Å²) in [5.74, 6) is 2.86. The third-order valence-electron chi connectivity index (χ3n) is 3.47. The van der Waals surface area contributed by atoms with Crippen molar-refractivity contribution in [2.45, 2.75) is 13.0 Å². The Balaban J connectivity index is 1.76. The van der Waals surface area contributed by atoms with Gasteiger partial charge in [0, 0.05) is 6.54 Å². The zero-order chi connectivity index (χ0) is 14.7. The number of hydrogen-bond acceptors (Lipinski definition) is 5. The van der Waals surface area contributed by atoms with E-state index in [-0.39, 0.29) is 0 Å². The molecule has 2 heterocycles. The van der Waals surface area contributed by atoms with E-state index in [4.69, 9.17) is 14.2 Å². The van der Waals surface area contributed by atoms with E-state index in [2.05, 4.69) is 16.4 Å². The predicted molar refractivity (Wildman–Crippen MR) is 80.3 cm³/mol. The van der Waals surface area contributed by atoms with Gasteiger partial charge < -0.3 is 19.5 Å². The van der Waals surface area contributed by atoms with Gasteiger partial charge in [-0.2, -0.15) is 0 Å². The van der Waals surface area contributed by atoms with Crippen LogP contribution in [0, 0.1) is 0 Å². The Kier molecular flexibility index (Phi) is 3.81. The maximum Gasteiger partial charge on any atom is 0.203 e. The van der Waals surface area contributed by atoms with Gasteiger partial charge in [0.1, 0.15) is 12.4 Å². The first-order valence-electron chi connectivity index (χ1n) is 6.88. The molecular weight excluding hydrogens is 268 g/mol. The van der Waals surface area contributed by atoms with Crippen LogP contribution in [0.1, 0.15) is 11.3 Å². The van der Waals surface area contributed by atoms with Crippen LogP contribution in [0.25, 0.3) is 0 Å². The summed E-state index contributed by atoms with van der Waals surface area (Å²) >= 11 is 0. The van der Waals surface area contributed by atoms with E-state index in [0.717, 1.165) is 24.5 Å². The molecule has 1 aromatic heterocycles. The minimum absolute atomic E-state index is 0.387. The molecule has 0 atom stereocenters. The lowest BCUT2D eigenvalue weighted by atomic mass is 10.2. The van der Waals surface area contributed by atoms with Gasteiger partial charge >= 0.3 is 0 Å². The molecule has 0 unspecified atom stereocenters. The van der Waals surface area contributed by atoms with Crippen LogP contribution < -0.4 is 19.5 Å². The van der Waals surface area contributed by atoms with Gasteiger partial charge in [0.15, 0.2) is 11.5 Å². The zero-order valence-electron chi connectivity index (χ0n) is 12.2. The van der Waals surface area contributed by atoms with Gasteiger partial charge in [-0.05, 0) is 30.2 Å². The third-order valence-corrected chi connectivity index (χ3v) is 3.47. The second kappa shape index (κ2) is 5.91. The fourth-order valence-corrected chi connectivity index (χ4v) is 2.40. The molecule has 0 fully saturated rings. The molecule has 0 spiro atoms. The Hall–Kier alpha value is -2.43. The van der Waals surface area contributed by atoms with Crippen LogP contribution in [-0.2, 0) is 13.0 Å². The van der Waals surface area contributed by atoms with Crippen LogP contribution >= 0.6 is 0 Å². The van der Waals surface area contributed by atoms with Crippen molar-refractivity contribution in [3.05, 3.63) is 41.6 Å². The van der Waals surface area contributed by atoms with Crippen LogP contribution in [0.4, 0.5) is 5.82 Å². The van der Waals surface area contributed by atoms with Crippen LogP contribution in [0.2, 0.25) is 0 Å². The molecule has 1 aromatic carbocycles. The molecule has 0 radical (unpaired) electrons. The van der Waals surface area contributed by atoms with Crippen molar-refractivity contribution in [3.8, 4) is 17.2 Å². The summed E-state index contributed by atoms with van der Waals surface area (Å²) < 4.78 is 16.4. The average molecular weight is 286 g/mol. The van der Waals surface area contributed by atoms with Crippen LogP contribution in [0.5, 0.6) is 17.2 Å². The number of rotatable bonds is 5. The fourth-order valence-electron chi connectivity index (χ4n) is 2.40. The van der Waals surface area contributed by atoms with Crippen molar-refractivity contribution in [3.63, 3.8) is 0 Å². The number of ether oxygens (including phenoxy) is 3. The normalized spacial score (nSPS) is 12.5. The lowest BCUT2D eigenvalue weighted by Gasteiger charge is -2.13. The van der Waals surface area contributed by atoms with E-state index in [1.54, 1.807) is 14.2 Å². The van der Waals surface area contributed by atoms with Crippen molar-refractivity contribution in [2.75, 3.05) is 26.1 Å². The Labute approximate surface area is 123 Å². The van der Waals surface area contributed by atoms with Crippen molar-refractivity contribution < 1.29 is 14.2 Å². The highest BCUT2D eigenvalue weighted by molar-refractivity contribution is 5.51. The summed E-state index contributed by atoms with van der Waals surface area (Å²) in [6, 6.07) is 9.66. The quantitative estimate of drug-likeness (QED) is 0.915. The van der Waals surface area contributed by atoms with Crippen molar-refractivity contribution >= 4 is 5.82 Å². The minimum Gasteiger partial charge on any atom is -0.493 e. The number of fused-ring (bicyclic) bond motifs is 1. The summed E-state index contributed by atoms with van der Waals surface area (Å²) in [5, 5.41) is 3.27. The molecule has 110 valence electrons. The lowest BCUT2D eigenvalue weighted by Crippen LogP contribution is -2.02. The van der Waals surface area contributed by atoms with Gasteiger partial charge in [-0.15, -0.1) is 0 Å². The number of anilines is 1. The summed E-state index contributed by atoms with van der Waals surface area (Å²) in [6.45, 7) is 1.34. The van der Waals surface area contributed by atoms with Gasteiger partial charge in [0.2, 0.25) is 5.75 Å². The number of nitrogens with one attached hydrogen (secondary N) is 1. The van der Waals surface area contributed by atoms with Crippen LogP contribution in [0.15, 0.2) is 30.3 Å². The van der Waals surface area contributed by atoms with Gasteiger partial charge in [0.05, 0.1) is 19.9 Å². The number of para-hydroxylation sites is 1. The van der Waals surface area contributed by atoms with Gasteiger partial charge in [0.25, 0.3) is 0 Å². The number of aromatic nitrogens is 1. The number of hydrogen-bond donors (Lipinski definition) is 1. The maximum atomic E-state index is 5.82. The number of nitrogens with zero attached hydrogens (tertiary/aromatic N) is 1. The Morgan fingerprint density at radius 2 is 1.95 bits per heavy atom. The van der Waals surface area contributed by atoms with Crippen molar-refractivity contribution in [2.24, 2.45) is 0 Å². The Bertz CT molecular complexity index is 643. The molecule has 2 aromatic rings. The first-order chi connectivity index (χ1) is 10.3. The average Bonchev–Trinajstić information content (AvgIpc) is 2.99. The van der Waals surface area contributed by atoms with E-state index < -0.39 is 0 Å². The molecule has 0 bridgehead atoms. The standard InChI is InChI=1S/C16H18N2O3/c1-19-13-4-3-5-14(15(13)20-2)21-10-12-7-6-11-8-9-17-16(11)18-12/h3-7H,8-10H2,1-2H3,(H,17,18). The molecule has 3 rings (SSSR count). The summed E-state index contributed by atoms with van der Waals surface area (Å²) in [6.07, 6.45) is 1.03. The molecule has 5 nitrogen and oxygen atoms in total. The fraction of sp³-hybridized carbons (Fsp3) is 0.312. The molecule has 1 N–H and O–H groups in total. The smallest absolute Gasteiger partial charge is 0.203 e. The van der Waals surface area contributed by atoms with E-state index in [1.165, 1.54) is 5.56 Å². The molecule has 0 saturated heterocycles. The van der Waals surface area contributed by atoms with Gasteiger partial charge in [-0.1, -0.05) is 12.1 Å². The lowest BCUT2D eigenvalue weighted by molar-refractivity contribution is 0.272. The highest BCUT2D eigenvalue weighted by atomic mass is 16.5. The van der Waals surface area contributed by atoms with E-state index in [0.29, 0.717) is 23.9 Å². The topological polar surface area (TPSA) is 52.6 Å². The molecule has 5 heteroatoms. The predicted octanol–water partition coefficient (Wildman–Crippen LogP) is 2.65. The Morgan fingerprint density at radius 1 is 1.10 bits per heavy atom. The van der Waals surface area contributed by atoms with Crippen molar-refractivity contribution in [1.82, 2.24) is 4.98 Å². The van der Waals surface area contributed by atoms with Crippen LogP contribution in [-0.4, -0.2) is 25.7 Å². The van der Waals surface area contributed by atoms with Crippen LogP contribution in [0.3, 0.4) is 0 Å². The summed E-state index contributed by atoms with van der Waals surface area (Å²) in [4.78, 5) is 4.56. The monoisotopic (exact) mass is 286 g/mol. The summed E-state index contributed by atoms with van der Waals surface area (Å²) in [5.41, 5.74) is 2.14. The first-order valence-corrected chi connectivity index (χ1v) is 6.88. The molecule has 1 aliphatic rings. The first kappa shape index (κ1) is 13.5. The molecule has 0 amide bonds. The number of benzene rings is 1. The van der Waals surface area contributed by atoms with E-state index >= 15 is 0 Å². The highest BCUT2D eigenvalue weighted by Gasteiger charge is 2.13. The second-order valence-electron chi connectivity index (χ2n) is 4.77. The van der Waals surface area contributed by atoms with Gasteiger partial charge in [-0.25, -0.2) is 4.98 Å². The molecule has 1 aliphatic heterocycles. The largest absolute Gasteiger partial charge is 0.493 e. The van der Waals surface area contributed by atoms with Gasteiger partial charge in [-0.3, -0.25) is 0 Å². The number of pyridine rings is 1. The van der Waals surface area contributed by atoms with E-state index in [9.17, 15) is 0 Å². The maximum absolute atomic E-state index is 5.82. The molecule has 21 heavy (non-hydrogen) atoms. The Morgan fingerprint density at radius 3 is 2.76 bits per heavy atom. The SMILES string of the molecule is COc1cccc(OCc2ccc3c(n2)NCC3)c1OC. The second-order valence-corrected chi connectivity index (χ2v) is 4.77. The number of methoxy groups -OCH3 is 2. The zero-order valence-corrected chi connectivity index (χ0v) is 12.2. The van der Waals surface area contributed by atoms with E-state index in [1.807, 2.05) is 24.3 Å². The minimum atomic E-state index is 0.387.